The first-order valence-electron chi connectivity index (χ1n) is 5.15. The molecule has 0 unspecified atom stereocenters. The highest BCUT2D eigenvalue weighted by Gasteiger charge is 2.16. The molecule has 1 aliphatic heterocycles. The van der Waals surface area contributed by atoms with E-state index in [-0.39, 0.29) is 5.82 Å². The van der Waals surface area contributed by atoms with Gasteiger partial charge in [-0.3, -0.25) is 0 Å². The average Bonchev–Trinajstić information content (AvgIpc) is 2.23. The lowest BCUT2D eigenvalue weighted by Crippen LogP contribution is -2.31. The van der Waals surface area contributed by atoms with Crippen molar-refractivity contribution in [3.63, 3.8) is 0 Å². The maximum Gasteiger partial charge on any atom is 0.168 e. The van der Waals surface area contributed by atoms with Gasteiger partial charge in [0, 0.05) is 19.3 Å². The molecule has 1 saturated heterocycles. The van der Waals surface area contributed by atoms with E-state index in [1.54, 1.807) is 19.2 Å². The maximum atomic E-state index is 13.7. The zero-order valence-electron chi connectivity index (χ0n) is 8.46. The van der Waals surface area contributed by atoms with Crippen LogP contribution >= 0.6 is 0 Å². The molecule has 0 aliphatic carbocycles. The number of anilines is 1. The Labute approximate surface area is 83.8 Å². The van der Waals surface area contributed by atoms with E-state index in [1.807, 2.05) is 4.90 Å². The maximum absolute atomic E-state index is 13.7. The van der Waals surface area contributed by atoms with Crippen molar-refractivity contribution in [3.05, 3.63) is 23.6 Å². The molecule has 0 atom stereocenters. The molecule has 0 N–H and O–H groups in total. The number of hydrogen-bond donors (Lipinski definition) is 0. The Morgan fingerprint density at radius 2 is 2.00 bits per heavy atom. The topological polar surface area (TPSA) is 16.1 Å². The number of rotatable bonds is 1. The second-order valence-electron chi connectivity index (χ2n) is 3.81. The van der Waals surface area contributed by atoms with Crippen molar-refractivity contribution in [2.24, 2.45) is 0 Å². The zero-order chi connectivity index (χ0) is 9.97. The summed E-state index contributed by atoms with van der Waals surface area (Å²) in [6.07, 6.45) is 5.23. The highest BCUT2D eigenvalue weighted by atomic mass is 19.1. The van der Waals surface area contributed by atoms with Crippen molar-refractivity contribution in [2.75, 3.05) is 18.0 Å². The molecule has 2 rings (SSSR count). The summed E-state index contributed by atoms with van der Waals surface area (Å²) >= 11 is 0. The summed E-state index contributed by atoms with van der Waals surface area (Å²) in [5, 5.41) is 0. The summed E-state index contributed by atoms with van der Waals surface area (Å²) < 4.78 is 13.7. The van der Waals surface area contributed by atoms with Gasteiger partial charge in [-0.05, 0) is 37.8 Å². The molecular weight excluding hydrogens is 179 g/mol. The Bertz CT molecular complexity index is 319. The normalized spacial score (nSPS) is 17.1. The highest BCUT2D eigenvalue weighted by Crippen LogP contribution is 2.22. The summed E-state index contributed by atoms with van der Waals surface area (Å²) in [4.78, 5) is 6.16. The van der Waals surface area contributed by atoms with Crippen LogP contribution in [0.2, 0.25) is 0 Å². The molecule has 1 aliphatic rings. The predicted octanol–water partition coefficient (Wildman–Crippen LogP) is 2.52. The summed E-state index contributed by atoms with van der Waals surface area (Å²) in [6, 6.07) is 1.71. The van der Waals surface area contributed by atoms with Gasteiger partial charge in [0.1, 0.15) is 0 Å². The Balaban J connectivity index is 2.26. The summed E-state index contributed by atoms with van der Waals surface area (Å²) in [5.41, 5.74) is 0.681. The van der Waals surface area contributed by atoms with Gasteiger partial charge in [0.25, 0.3) is 0 Å². The van der Waals surface area contributed by atoms with E-state index in [0.29, 0.717) is 11.4 Å². The number of piperidine rings is 1. The molecule has 14 heavy (non-hydrogen) atoms. The van der Waals surface area contributed by atoms with Crippen LogP contribution in [0, 0.1) is 12.7 Å². The van der Waals surface area contributed by atoms with Crippen LogP contribution in [0.3, 0.4) is 0 Å². The van der Waals surface area contributed by atoms with E-state index in [2.05, 4.69) is 4.98 Å². The standard InChI is InChI=1S/C11H15FN2/c1-9-5-6-13-11(10(9)12)14-7-3-2-4-8-14/h5-6H,2-4,7-8H2,1H3. The smallest absolute Gasteiger partial charge is 0.168 e. The van der Waals surface area contributed by atoms with Crippen LogP contribution in [0.4, 0.5) is 10.2 Å². The second kappa shape index (κ2) is 3.95. The molecule has 0 spiro atoms. The first-order chi connectivity index (χ1) is 6.79. The minimum atomic E-state index is -0.158. The fourth-order valence-corrected chi connectivity index (χ4v) is 1.85. The molecule has 0 amide bonds. The third-order valence-electron chi connectivity index (χ3n) is 2.72. The van der Waals surface area contributed by atoms with E-state index < -0.39 is 0 Å². The summed E-state index contributed by atoms with van der Waals surface area (Å²) in [6.45, 7) is 3.66. The van der Waals surface area contributed by atoms with Gasteiger partial charge in [-0.15, -0.1) is 0 Å². The molecule has 0 saturated carbocycles. The first kappa shape index (κ1) is 9.44. The van der Waals surface area contributed by atoms with Crippen LogP contribution in [0.15, 0.2) is 12.3 Å². The molecule has 3 heteroatoms. The van der Waals surface area contributed by atoms with Gasteiger partial charge >= 0.3 is 0 Å². The lowest BCUT2D eigenvalue weighted by molar-refractivity contribution is 0.547. The Hall–Kier alpha value is -1.12. The highest BCUT2D eigenvalue weighted by molar-refractivity contribution is 5.42. The Kier molecular flexibility index (Phi) is 2.66. The van der Waals surface area contributed by atoms with E-state index in [1.165, 1.54) is 6.42 Å². The number of halogens is 1. The van der Waals surface area contributed by atoms with E-state index >= 15 is 0 Å². The summed E-state index contributed by atoms with van der Waals surface area (Å²) in [5.74, 6) is 0.374. The molecule has 0 radical (unpaired) electrons. The molecule has 0 bridgehead atoms. The lowest BCUT2D eigenvalue weighted by atomic mass is 10.1. The van der Waals surface area contributed by atoms with Crippen molar-refractivity contribution in [2.45, 2.75) is 26.2 Å². The molecule has 2 nitrogen and oxygen atoms in total. The molecule has 1 aromatic rings. The van der Waals surface area contributed by atoms with Crippen LogP contribution in [-0.4, -0.2) is 18.1 Å². The average molecular weight is 194 g/mol. The van der Waals surface area contributed by atoms with Crippen molar-refractivity contribution >= 4 is 5.82 Å². The predicted molar refractivity (Wildman–Crippen MR) is 55.0 cm³/mol. The molecule has 1 fully saturated rings. The fraction of sp³-hybridized carbons (Fsp3) is 0.545. The van der Waals surface area contributed by atoms with E-state index in [4.69, 9.17) is 0 Å². The van der Waals surface area contributed by atoms with Gasteiger partial charge in [-0.2, -0.15) is 0 Å². The van der Waals surface area contributed by atoms with Gasteiger partial charge in [0.05, 0.1) is 0 Å². The van der Waals surface area contributed by atoms with Crippen molar-refractivity contribution < 1.29 is 4.39 Å². The molecule has 0 aromatic carbocycles. The third kappa shape index (κ3) is 1.72. The summed E-state index contributed by atoms with van der Waals surface area (Å²) in [7, 11) is 0. The van der Waals surface area contributed by atoms with Crippen LogP contribution in [0.1, 0.15) is 24.8 Å². The van der Waals surface area contributed by atoms with Crippen molar-refractivity contribution in [1.29, 1.82) is 0 Å². The molecular formula is C11H15FN2. The van der Waals surface area contributed by atoms with Crippen molar-refractivity contribution in [1.82, 2.24) is 4.98 Å². The largest absolute Gasteiger partial charge is 0.354 e. The van der Waals surface area contributed by atoms with Gasteiger partial charge in [-0.1, -0.05) is 0 Å². The Morgan fingerprint density at radius 3 is 2.71 bits per heavy atom. The van der Waals surface area contributed by atoms with E-state index in [0.717, 1.165) is 25.9 Å². The van der Waals surface area contributed by atoms with Gasteiger partial charge in [0.15, 0.2) is 11.6 Å². The third-order valence-corrected chi connectivity index (χ3v) is 2.72. The zero-order valence-corrected chi connectivity index (χ0v) is 8.46. The van der Waals surface area contributed by atoms with Gasteiger partial charge in [0.2, 0.25) is 0 Å². The number of pyridine rings is 1. The van der Waals surface area contributed by atoms with Crippen LogP contribution < -0.4 is 4.90 Å². The number of aromatic nitrogens is 1. The first-order valence-corrected chi connectivity index (χ1v) is 5.15. The SMILES string of the molecule is Cc1ccnc(N2CCCCC2)c1F. The van der Waals surface area contributed by atoms with Crippen LogP contribution in [0.25, 0.3) is 0 Å². The molecule has 1 aromatic heterocycles. The minimum absolute atomic E-state index is 0.158. The van der Waals surface area contributed by atoms with E-state index in [9.17, 15) is 4.39 Å². The quantitative estimate of drug-likeness (QED) is 0.683. The monoisotopic (exact) mass is 194 g/mol. The van der Waals surface area contributed by atoms with Crippen molar-refractivity contribution in [3.8, 4) is 0 Å². The minimum Gasteiger partial charge on any atom is -0.354 e. The van der Waals surface area contributed by atoms with Crippen LogP contribution in [-0.2, 0) is 0 Å². The number of aryl methyl sites for hydroxylation is 1. The number of hydrogen-bond acceptors (Lipinski definition) is 2. The molecule has 2 heterocycles. The second-order valence-corrected chi connectivity index (χ2v) is 3.81. The lowest BCUT2D eigenvalue weighted by Gasteiger charge is -2.28. The van der Waals surface area contributed by atoms with Gasteiger partial charge in [-0.25, -0.2) is 9.37 Å². The number of nitrogens with zero attached hydrogens (tertiary/aromatic N) is 2. The molecule has 76 valence electrons. The fourth-order valence-electron chi connectivity index (χ4n) is 1.85. The van der Waals surface area contributed by atoms with Gasteiger partial charge < -0.3 is 4.90 Å². The van der Waals surface area contributed by atoms with Crippen LogP contribution in [0.5, 0.6) is 0 Å². The Morgan fingerprint density at radius 1 is 1.29 bits per heavy atom.